The number of hydrogen-bond acceptors (Lipinski definition) is 14. The minimum absolute atomic E-state index is 0.0129. The third-order valence-corrected chi connectivity index (χ3v) is 6.43. The van der Waals surface area contributed by atoms with Crippen molar-refractivity contribution in [2.45, 2.75) is 96.8 Å². The summed E-state index contributed by atoms with van der Waals surface area (Å²) in [5, 5.41) is 25.7. The van der Waals surface area contributed by atoms with Crippen LogP contribution >= 0.6 is 0 Å². The van der Waals surface area contributed by atoms with Crippen LogP contribution < -0.4 is 20.1 Å². The number of aliphatic carboxylic acids is 1. The van der Waals surface area contributed by atoms with Gasteiger partial charge in [0.1, 0.15) is 11.6 Å². The zero-order valence-electron chi connectivity index (χ0n) is 27.6. The minimum atomic E-state index is -2.87. The van der Waals surface area contributed by atoms with Crippen molar-refractivity contribution >= 4 is 53.5 Å². The van der Waals surface area contributed by atoms with Crippen LogP contribution in [0.15, 0.2) is 18.2 Å². The second-order valence-electron chi connectivity index (χ2n) is 12.0. The van der Waals surface area contributed by atoms with Gasteiger partial charge < -0.3 is 39.9 Å². The number of hydrogen-bond donors (Lipinski definition) is 4. The fourth-order valence-electron chi connectivity index (χ4n) is 4.33. The molecule has 0 spiro atoms. The van der Waals surface area contributed by atoms with Crippen LogP contribution in [-0.4, -0.2) is 92.5 Å². The van der Waals surface area contributed by atoms with E-state index in [1.807, 2.05) is 0 Å². The molecule has 1 aliphatic rings. The predicted molar refractivity (Wildman–Crippen MR) is 162 cm³/mol. The Bertz CT molecular complexity index is 1480. The van der Waals surface area contributed by atoms with Crippen molar-refractivity contribution < 1.29 is 72.4 Å². The van der Waals surface area contributed by atoms with E-state index in [0.717, 1.165) is 13.8 Å². The highest BCUT2D eigenvalue weighted by atomic mass is 16.7. The van der Waals surface area contributed by atoms with Gasteiger partial charge in [0, 0.05) is 33.2 Å². The first-order valence-corrected chi connectivity index (χ1v) is 15.0. The molecule has 4 amide bonds. The molecular formula is C31H39N3O15. The lowest BCUT2D eigenvalue weighted by Crippen LogP contribution is -2.51. The highest BCUT2D eigenvalue weighted by Gasteiger charge is 2.46. The smallest absolute Gasteiger partial charge is 0.339 e. The van der Waals surface area contributed by atoms with E-state index in [1.54, 1.807) is 0 Å². The number of hydroxylamine groups is 2. The summed E-state index contributed by atoms with van der Waals surface area (Å²) in [4.78, 5) is 114. The molecule has 2 atom stereocenters. The standard InChI is InChI=1S/C31H39N3O15/c1-17(35)46-21-11-8-9-19(26(21)47-18(2)36)27(41)32-14-7-6-10-20(28(42)43)33-22(37)15-31(45,29(44)48-30(3,4)5)16-25(40)49-34-23(38)12-13-24(34)39/h8-9,11,20,45H,6-7,10,12-16H2,1-5H3,(H,32,41)(H,33,37)(H,42,43). The number of unbranched alkanes of at least 4 members (excludes halogenated alkanes) is 1. The van der Waals surface area contributed by atoms with Crippen molar-refractivity contribution in [2.24, 2.45) is 0 Å². The lowest BCUT2D eigenvalue weighted by Gasteiger charge is -2.30. The van der Waals surface area contributed by atoms with Crippen LogP contribution in [0.25, 0.3) is 0 Å². The minimum Gasteiger partial charge on any atom is -0.480 e. The van der Waals surface area contributed by atoms with E-state index < -0.39 is 83.6 Å². The average molecular weight is 694 g/mol. The number of imide groups is 1. The number of esters is 3. The Morgan fingerprint density at radius 2 is 1.53 bits per heavy atom. The van der Waals surface area contributed by atoms with Gasteiger partial charge in [-0.1, -0.05) is 6.07 Å². The summed E-state index contributed by atoms with van der Waals surface area (Å²) in [6.45, 7) is 6.59. The van der Waals surface area contributed by atoms with E-state index in [0.29, 0.717) is 0 Å². The molecule has 1 fully saturated rings. The lowest BCUT2D eigenvalue weighted by atomic mass is 9.94. The summed E-state index contributed by atoms with van der Waals surface area (Å²) in [5.41, 5.74) is -4.16. The molecule has 1 aromatic carbocycles. The van der Waals surface area contributed by atoms with Gasteiger partial charge >= 0.3 is 29.8 Å². The number of carboxylic acids is 1. The molecule has 49 heavy (non-hydrogen) atoms. The summed E-state index contributed by atoms with van der Waals surface area (Å²) < 4.78 is 15.2. The molecule has 18 heteroatoms. The molecular weight excluding hydrogens is 654 g/mol. The highest BCUT2D eigenvalue weighted by Crippen LogP contribution is 2.32. The normalized spacial score (nSPS) is 14.6. The number of carbonyl (C=O) groups excluding carboxylic acids is 8. The zero-order valence-corrected chi connectivity index (χ0v) is 27.6. The maximum absolute atomic E-state index is 12.9. The fraction of sp³-hybridized carbons (Fsp3) is 0.516. The predicted octanol–water partition coefficient (Wildman–Crippen LogP) is 0.467. The topological polar surface area (TPSA) is 258 Å². The first-order chi connectivity index (χ1) is 22.7. The number of para-hydroxylation sites is 1. The lowest BCUT2D eigenvalue weighted by molar-refractivity contribution is -0.204. The number of amides is 4. The van der Waals surface area contributed by atoms with Crippen molar-refractivity contribution in [2.75, 3.05) is 6.54 Å². The quantitative estimate of drug-likeness (QED) is 0.0794. The van der Waals surface area contributed by atoms with Gasteiger partial charge in [0.25, 0.3) is 17.7 Å². The van der Waals surface area contributed by atoms with Crippen LogP contribution in [0, 0.1) is 0 Å². The molecule has 0 aliphatic carbocycles. The van der Waals surface area contributed by atoms with Gasteiger partial charge in [0.2, 0.25) is 5.91 Å². The van der Waals surface area contributed by atoms with Crippen molar-refractivity contribution in [3.8, 4) is 11.5 Å². The molecule has 1 saturated heterocycles. The van der Waals surface area contributed by atoms with Gasteiger partial charge in [-0.2, -0.15) is 0 Å². The van der Waals surface area contributed by atoms with Crippen molar-refractivity contribution in [1.82, 2.24) is 15.7 Å². The Morgan fingerprint density at radius 3 is 2.08 bits per heavy atom. The van der Waals surface area contributed by atoms with Crippen LogP contribution in [0.5, 0.6) is 11.5 Å². The van der Waals surface area contributed by atoms with E-state index in [2.05, 4.69) is 10.6 Å². The molecule has 0 radical (unpaired) electrons. The molecule has 1 aliphatic heterocycles. The van der Waals surface area contributed by atoms with Gasteiger partial charge in [-0.15, -0.1) is 5.06 Å². The van der Waals surface area contributed by atoms with Crippen molar-refractivity contribution in [3.05, 3.63) is 23.8 Å². The summed E-state index contributed by atoms with van der Waals surface area (Å²) in [6, 6.07) is 2.55. The van der Waals surface area contributed by atoms with Gasteiger partial charge in [-0.25, -0.2) is 14.4 Å². The number of rotatable bonds is 16. The van der Waals surface area contributed by atoms with Crippen LogP contribution in [0.2, 0.25) is 0 Å². The molecule has 0 aromatic heterocycles. The Kier molecular flexibility index (Phi) is 13.9. The van der Waals surface area contributed by atoms with E-state index in [-0.39, 0.29) is 60.8 Å². The van der Waals surface area contributed by atoms with Crippen LogP contribution in [0.3, 0.4) is 0 Å². The Morgan fingerprint density at radius 1 is 0.918 bits per heavy atom. The monoisotopic (exact) mass is 693 g/mol. The van der Waals surface area contributed by atoms with Crippen LogP contribution in [-0.2, 0) is 47.9 Å². The summed E-state index contributed by atoms with van der Waals surface area (Å²) in [5.74, 6) is -9.65. The number of benzene rings is 1. The van der Waals surface area contributed by atoms with Crippen molar-refractivity contribution in [1.29, 1.82) is 0 Å². The van der Waals surface area contributed by atoms with Crippen molar-refractivity contribution in [3.63, 3.8) is 0 Å². The molecule has 268 valence electrons. The van der Waals surface area contributed by atoms with E-state index in [4.69, 9.17) is 19.0 Å². The Hall–Kier alpha value is -5.39. The molecule has 1 heterocycles. The number of carbonyl (C=O) groups is 9. The number of ether oxygens (including phenoxy) is 3. The second-order valence-corrected chi connectivity index (χ2v) is 12.0. The third kappa shape index (κ3) is 12.6. The largest absolute Gasteiger partial charge is 0.480 e. The Labute approximate surface area is 280 Å². The van der Waals surface area contributed by atoms with Gasteiger partial charge in [0.15, 0.2) is 17.1 Å². The van der Waals surface area contributed by atoms with E-state index in [1.165, 1.54) is 39.0 Å². The number of aliphatic hydroxyl groups is 1. The first-order valence-electron chi connectivity index (χ1n) is 15.0. The van der Waals surface area contributed by atoms with E-state index >= 15 is 0 Å². The van der Waals surface area contributed by atoms with E-state index in [9.17, 15) is 53.4 Å². The van der Waals surface area contributed by atoms with Gasteiger partial charge in [-0.3, -0.25) is 28.8 Å². The summed E-state index contributed by atoms with van der Waals surface area (Å²) >= 11 is 0. The fourth-order valence-corrected chi connectivity index (χ4v) is 4.33. The van der Waals surface area contributed by atoms with Crippen LogP contribution in [0.4, 0.5) is 0 Å². The molecule has 0 saturated carbocycles. The third-order valence-electron chi connectivity index (χ3n) is 6.43. The van der Waals surface area contributed by atoms with Gasteiger partial charge in [-0.05, 0) is 52.2 Å². The number of carboxylic acid groups (broad SMARTS) is 1. The number of nitrogens with one attached hydrogen (secondary N) is 2. The summed E-state index contributed by atoms with van der Waals surface area (Å²) in [6.07, 6.45) is -2.60. The molecule has 4 N–H and O–H groups in total. The first kappa shape index (κ1) is 39.8. The molecule has 18 nitrogen and oxygen atoms in total. The molecule has 1 aromatic rings. The molecule has 2 unspecified atom stereocenters. The zero-order chi connectivity index (χ0) is 37.1. The average Bonchev–Trinajstić information content (AvgIpc) is 3.27. The maximum atomic E-state index is 12.9. The Balaban J connectivity index is 2.02. The molecule has 2 rings (SSSR count). The summed E-state index contributed by atoms with van der Waals surface area (Å²) in [7, 11) is 0. The molecule has 0 bridgehead atoms. The highest BCUT2D eigenvalue weighted by molar-refractivity contribution is 6.02. The maximum Gasteiger partial charge on any atom is 0.339 e. The second kappa shape index (κ2) is 17.1. The van der Waals surface area contributed by atoms with Gasteiger partial charge in [0.05, 0.1) is 18.4 Å². The number of nitrogens with zero attached hydrogens (tertiary/aromatic N) is 1. The van der Waals surface area contributed by atoms with Crippen LogP contribution in [0.1, 0.15) is 89.9 Å². The SMILES string of the molecule is CC(=O)Oc1cccc(C(=O)NCCCCC(NC(=O)CC(O)(CC(=O)ON2C(=O)CCC2=O)C(=O)OC(C)(C)C)C(=O)O)c1OC(C)=O.